The largest absolute Gasteiger partial charge is 0.337 e. The van der Waals surface area contributed by atoms with Gasteiger partial charge in [-0.05, 0) is 30.4 Å². The van der Waals surface area contributed by atoms with Gasteiger partial charge in [0.25, 0.3) is 0 Å². The standard InChI is InChI=1S/C20H28N6O/c27-20(22-14-19-24-23-18-8-2-1-5-11-26(18)19)21-10-13-25-12-9-16-6-3-4-7-17(16)15-25/h3-4,6-7H,1-2,5,8-15H2,(H2,21,22,27). The van der Waals surface area contributed by atoms with E-state index in [4.69, 9.17) is 0 Å². The average molecular weight is 368 g/mol. The molecule has 0 aliphatic carbocycles. The zero-order valence-electron chi connectivity index (χ0n) is 15.8. The molecule has 2 aliphatic heterocycles. The summed E-state index contributed by atoms with van der Waals surface area (Å²) in [5.74, 6) is 1.91. The van der Waals surface area contributed by atoms with E-state index in [1.807, 2.05) is 0 Å². The summed E-state index contributed by atoms with van der Waals surface area (Å²) in [4.78, 5) is 14.5. The molecule has 0 fully saturated rings. The van der Waals surface area contributed by atoms with Gasteiger partial charge in [0.05, 0.1) is 6.54 Å². The quantitative estimate of drug-likeness (QED) is 0.845. The molecule has 2 aromatic rings. The number of urea groups is 1. The first-order valence-electron chi connectivity index (χ1n) is 10.0. The Morgan fingerprint density at radius 3 is 2.81 bits per heavy atom. The van der Waals surface area contributed by atoms with Crippen LogP contribution >= 0.6 is 0 Å². The average Bonchev–Trinajstić information content (AvgIpc) is 2.92. The van der Waals surface area contributed by atoms with E-state index in [9.17, 15) is 4.79 Å². The van der Waals surface area contributed by atoms with Gasteiger partial charge in [0.15, 0.2) is 5.82 Å². The van der Waals surface area contributed by atoms with Gasteiger partial charge in [-0.2, -0.15) is 0 Å². The minimum Gasteiger partial charge on any atom is -0.337 e. The molecule has 2 amide bonds. The van der Waals surface area contributed by atoms with Gasteiger partial charge in [-0.3, -0.25) is 4.90 Å². The van der Waals surface area contributed by atoms with Crippen LogP contribution in [-0.4, -0.2) is 45.3 Å². The molecule has 1 aromatic heterocycles. The Balaban J connectivity index is 1.19. The molecule has 144 valence electrons. The van der Waals surface area contributed by atoms with Crippen LogP contribution in [0.4, 0.5) is 4.79 Å². The molecule has 27 heavy (non-hydrogen) atoms. The van der Waals surface area contributed by atoms with Crippen LogP contribution in [0, 0.1) is 0 Å². The smallest absolute Gasteiger partial charge is 0.315 e. The number of fused-ring (bicyclic) bond motifs is 2. The van der Waals surface area contributed by atoms with Crippen molar-refractivity contribution in [3.05, 3.63) is 47.0 Å². The van der Waals surface area contributed by atoms with Crippen LogP contribution in [0.1, 0.15) is 42.0 Å². The molecule has 0 unspecified atom stereocenters. The number of amides is 2. The molecule has 2 N–H and O–H groups in total. The van der Waals surface area contributed by atoms with Crippen molar-refractivity contribution in [3.63, 3.8) is 0 Å². The van der Waals surface area contributed by atoms with Crippen molar-refractivity contribution in [2.24, 2.45) is 0 Å². The maximum absolute atomic E-state index is 12.1. The Hall–Kier alpha value is -2.41. The van der Waals surface area contributed by atoms with E-state index in [1.54, 1.807) is 0 Å². The summed E-state index contributed by atoms with van der Waals surface area (Å²) in [6.07, 6.45) is 5.63. The number of carbonyl (C=O) groups is 1. The first kappa shape index (κ1) is 18.0. The molecule has 2 aliphatic rings. The maximum Gasteiger partial charge on any atom is 0.315 e. The molecule has 1 aromatic carbocycles. The number of nitrogens with zero attached hydrogens (tertiary/aromatic N) is 4. The van der Waals surface area contributed by atoms with E-state index in [0.717, 1.165) is 57.1 Å². The zero-order valence-corrected chi connectivity index (χ0v) is 15.8. The Morgan fingerprint density at radius 1 is 1.00 bits per heavy atom. The van der Waals surface area contributed by atoms with Gasteiger partial charge < -0.3 is 15.2 Å². The second-order valence-corrected chi connectivity index (χ2v) is 7.40. The lowest BCUT2D eigenvalue weighted by atomic mass is 10.00. The van der Waals surface area contributed by atoms with Crippen LogP contribution < -0.4 is 10.6 Å². The van der Waals surface area contributed by atoms with E-state index in [-0.39, 0.29) is 6.03 Å². The second-order valence-electron chi connectivity index (χ2n) is 7.40. The lowest BCUT2D eigenvalue weighted by molar-refractivity contribution is 0.230. The summed E-state index contributed by atoms with van der Waals surface area (Å²) in [6.45, 7) is 4.90. The maximum atomic E-state index is 12.1. The van der Waals surface area contributed by atoms with Gasteiger partial charge >= 0.3 is 6.03 Å². The zero-order chi connectivity index (χ0) is 18.5. The summed E-state index contributed by atoms with van der Waals surface area (Å²) < 4.78 is 2.17. The topological polar surface area (TPSA) is 75.1 Å². The van der Waals surface area contributed by atoms with Crippen LogP contribution in [0.3, 0.4) is 0 Å². The molecule has 0 radical (unpaired) electrons. The van der Waals surface area contributed by atoms with Crippen molar-refractivity contribution < 1.29 is 4.79 Å². The molecule has 7 nitrogen and oxygen atoms in total. The third-order valence-electron chi connectivity index (χ3n) is 5.52. The molecule has 0 atom stereocenters. The SMILES string of the molecule is O=C(NCCN1CCc2ccccc2C1)NCc1nnc2n1CCCCC2. The molecule has 0 saturated heterocycles. The van der Waals surface area contributed by atoms with Crippen LogP contribution in [-0.2, 0) is 32.5 Å². The Labute approximate surface area is 160 Å². The normalized spacial score (nSPS) is 16.9. The highest BCUT2D eigenvalue weighted by Crippen LogP contribution is 2.17. The number of hydrogen-bond donors (Lipinski definition) is 2. The number of aryl methyl sites for hydroxylation is 1. The molecule has 0 spiro atoms. The van der Waals surface area contributed by atoms with Gasteiger partial charge in [0, 0.05) is 39.1 Å². The molecule has 0 bridgehead atoms. The molecule has 3 heterocycles. The Morgan fingerprint density at radius 2 is 1.89 bits per heavy atom. The van der Waals surface area contributed by atoms with E-state index in [0.29, 0.717) is 13.1 Å². The van der Waals surface area contributed by atoms with Gasteiger partial charge in [-0.15, -0.1) is 10.2 Å². The van der Waals surface area contributed by atoms with Crippen LogP contribution in [0.15, 0.2) is 24.3 Å². The van der Waals surface area contributed by atoms with Gasteiger partial charge in [0.1, 0.15) is 5.82 Å². The highest BCUT2D eigenvalue weighted by atomic mass is 16.2. The predicted molar refractivity (Wildman–Crippen MR) is 103 cm³/mol. The first-order chi connectivity index (χ1) is 13.3. The first-order valence-corrected chi connectivity index (χ1v) is 10.0. The fourth-order valence-electron chi connectivity index (χ4n) is 3.97. The fraction of sp³-hybridized carbons (Fsp3) is 0.550. The summed E-state index contributed by atoms with van der Waals surface area (Å²) in [5, 5.41) is 14.4. The lowest BCUT2D eigenvalue weighted by Crippen LogP contribution is -2.41. The van der Waals surface area contributed by atoms with Crippen LogP contribution in [0.25, 0.3) is 0 Å². The summed E-state index contributed by atoms with van der Waals surface area (Å²) in [5.41, 5.74) is 2.85. The Kier molecular flexibility index (Phi) is 5.67. The third-order valence-corrected chi connectivity index (χ3v) is 5.52. The second kappa shape index (κ2) is 8.52. The van der Waals surface area contributed by atoms with E-state index in [2.05, 4.69) is 54.6 Å². The van der Waals surface area contributed by atoms with Crippen molar-refractivity contribution in [1.82, 2.24) is 30.3 Å². The van der Waals surface area contributed by atoms with E-state index < -0.39 is 0 Å². The molecule has 7 heteroatoms. The summed E-state index contributed by atoms with van der Waals surface area (Å²) in [7, 11) is 0. The number of benzene rings is 1. The number of rotatable bonds is 5. The predicted octanol–water partition coefficient (Wildman–Crippen LogP) is 1.86. The van der Waals surface area contributed by atoms with Crippen molar-refractivity contribution in [3.8, 4) is 0 Å². The van der Waals surface area contributed by atoms with Gasteiger partial charge in [0.2, 0.25) is 0 Å². The minimum atomic E-state index is -0.140. The molecule has 0 saturated carbocycles. The minimum absolute atomic E-state index is 0.140. The highest BCUT2D eigenvalue weighted by Gasteiger charge is 2.16. The molecular formula is C20H28N6O. The third kappa shape index (κ3) is 4.47. The Bertz CT molecular complexity index is 787. The van der Waals surface area contributed by atoms with Crippen molar-refractivity contribution in [2.75, 3.05) is 19.6 Å². The monoisotopic (exact) mass is 368 g/mol. The van der Waals surface area contributed by atoms with Crippen LogP contribution in [0.2, 0.25) is 0 Å². The van der Waals surface area contributed by atoms with Gasteiger partial charge in [-0.1, -0.05) is 30.7 Å². The van der Waals surface area contributed by atoms with E-state index in [1.165, 1.54) is 24.0 Å². The summed E-state index contributed by atoms with van der Waals surface area (Å²) >= 11 is 0. The fourth-order valence-corrected chi connectivity index (χ4v) is 3.97. The van der Waals surface area contributed by atoms with Crippen molar-refractivity contribution in [1.29, 1.82) is 0 Å². The van der Waals surface area contributed by atoms with Crippen LogP contribution in [0.5, 0.6) is 0 Å². The molecule has 4 rings (SSSR count). The van der Waals surface area contributed by atoms with Crippen molar-refractivity contribution in [2.45, 2.75) is 51.7 Å². The number of nitrogens with one attached hydrogen (secondary N) is 2. The summed E-state index contributed by atoms with van der Waals surface area (Å²) in [6, 6.07) is 8.47. The van der Waals surface area contributed by atoms with Crippen molar-refractivity contribution >= 4 is 6.03 Å². The molecular weight excluding hydrogens is 340 g/mol. The highest BCUT2D eigenvalue weighted by molar-refractivity contribution is 5.73. The lowest BCUT2D eigenvalue weighted by Gasteiger charge is -2.28. The van der Waals surface area contributed by atoms with Gasteiger partial charge in [-0.25, -0.2) is 4.79 Å². The van der Waals surface area contributed by atoms with E-state index >= 15 is 0 Å². The number of carbonyl (C=O) groups excluding carboxylic acids is 1. The number of hydrogen-bond acceptors (Lipinski definition) is 4. The number of aromatic nitrogens is 3.